The summed E-state index contributed by atoms with van der Waals surface area (Å²) in [5, 5.41) is 1.08. The van der Waals surface area contributed by atoms with E-state index in [0.29, 0.717) is 35.2 Å². The fourth-order valence-corrected chi connectivity index (χ4v) is 8.00. The molecule has 4 aliphatic carbocycles. The highest BCUT2D eigenvalue weighted by Crippen LogP contribution is 2.66. The number of ketones is 2. The molecule has 3 fully saturated rings. The van der Waals surface area contributed by atoms with Gasteiger partial charge in [0.05, 0.1) is 0 Å². The van der Waals surface area contributed by atoms with Gasteiger partial charge in [-0.2, -0.15) is 0 Å². The van der Waals surface area contributed by atoms with E-state index in [-0.39, 0.29) is 10.8 Å². The molecule has 0 spiro atoms. The molecule has 0 aromatic rings. The van der Waals surface area contributed by atoms with Crippen molar-refractivity contribution in [2.45, 2.75) is 84.5 Å². The molecule has 0 aromatic heterocycles. The predicted octanol–water partition coefficient (Wildman–Crippen LogP) is 6.27. The van der Waals surface area contributed by atoms with Gasteiger partial charge >= 0.3 is 0 Å². The minimum absolute atomic E-state index is 0.0470. The van der Waals surface area contributed by atoms with Gasteiger partial charge in [0.2, 0.25) is 0 Å². The maximum Gasteiger partial charge on any atom is 0.155 e. The van der Waals surface area contributed by atoms with Crippen molar-refractivity contribution in [2.24, 2.45) is 34.5 Å². The van der Waals surface area contributed by atoms with Crippen LogP contribution < -0.4 is 0 Å². The number of rotatable bonds is 5. The SMILES string of the molecule is CC12CCC3C(CCC4=CC(=O)CC(CCCCCBr)C43C)C1CCC2=O. The van der Waals surface area contributed by atoms with E-state index in [1.807, 2.05) is 6.08 Å². The molecule has 0 N–H and O–H groups in total. The Morgan fingerprint density at radius 2 is 1.85 bits per heavy atom. The fourth-order valence-electron chi connectivity index (χ4n) is 7.60. The van der Waals surface area contributed by atoms with Gasteiger partial charge in [0, 0.05) is 23.6 Å². The van der Waals surface area contributed by atoms with E-state index in [1.165, 1.54) is 44.1 Å². The molecule has 4 rings (SSSR count). The average Bonchev–Trinajstić information content (AvgIpc) is 2.94. The monoisotopic (exact) mass is 434 g/mol. The molecular formula is C24H35BrO2. The van der Waals surface area contributed by atoms with Gasteiger partial charge in [-0.05, 0) is 80.1 Å². The number of hydrogen-bond acceptors (Lipinski definition) is 2. The number of carbonyl (C=O) groups is 2. The lowest BCUT2D eigenvalue weighted by molar-refractivity contribution is -0.134. The topological polar surface area (TPSA) is 34.1 Å². The number of allylic oxidation sites excluding steroid dienone is 1. The number of Topliss-reactive ketones (excluding diaryl/α,β-unsaturated/α-hetero) is 1. The standard InChI is InChI=1S/C24H35BrO2/c1-23-12-11-21-19(20(23)9-10-22(23)27)8-7-17-15-18(26)14-16(24(17,21)2)6-4-3-5-13-25/h15-16,19-21H,3-14H2,1-2H3. The van der Waals surface area contributed by atoms with Gasteiger partial charge in [0.1, 0.15) is 5.78 Å². The van der Waals surface area contributed by atoms with Crippen LogP contribution in [-0.4, -0.2) is 16.9 Å². The molecule has 150 valence electrons. The van der Waals surface area contributed by atoms with Crippen molar-refractivity contribution < 1.29 is 9.59 Å². The Morgan fingerprint density at radius 3 is 2.63 bits per heavy atom. The Labute approximate surface area is 173 Å². The Morgan fingerprint density at radius 1 is 1.04 bits per heavy atom. The van der Waals surface area contributed by atoms with Gasteiger partial charge in [-0.15, -0.1) is 0 Å². The average molecular weight is 435 g/mol. The number of halogens is 1. The van der Waals surface area contributed by atoms with Crippen molar-refractivity contribution in [1.29, 1.82) is 0 Å². The molecule has 0 saturated heterocycles. The normalized spacial score (nSPS) is 43.7. The van der Waals surface area contributed by atoms with Crippen molar-refractivity contribution >= 4 is 27.5 Å². The first-order valence-electron chi connectivity index (χ1n) is 11.2. The van der Waals surface area contributed by atoms with Crippen LogP contribution in [0.1, 0.15) is 84.5 Å². The highest BCUT2D eigenvalue weighted by Gasteiger charge is 2.60. The Balaban J connectivity index is 1.61. The van der Waals surface area contributed by atoms with Crippen LogP contribution in [0.25, 0.3) is 0 Å². The summed E-state index contributed by atoms with van der Waals surface area (Å²) in [6.45, 7) is 4.76. The second-order valence-corrected chi connectivity index (χ2v) is 11.0. The molecule has 0 aromatic carbocycles. The number of unbranched alkanes of at least 4 members (excludes halogenated alkanes) is 2. The smallest absolute Gasteiger partial charge is 0.155 e. The first-order valence-corrected chi connectivity index (χ1v) is 12.4. The third kappa shape index (κ3) is 3.11. The van der Waals surface area contributed by atoms with E-state index in [0.717, 1.165) is 37.4 Å². The van der Waals surface area contributed by atoms with Crippen LogP contribution in [0.15, 0.2) is 11.6 Å². The molecule has 0 bridgehead atoms. The minimum Gasteiger partial charge on any atom is -0.299 e. The van der Waals surface area contributed by atoms with E-state index in [9.17, 15) is 9.59 Å². The zero-order valence-corrected chi connectivity index (χ0v) is 18.7. The largest absolute Gasteiger partial charge is 0.299 e. The maximum absolute atomic E-state index is 12.6. The third-order valence-corrected chi connectivity index (χ3v) is 9.73. The summed E-state index contributed by atoms with van der Waals surface area (Å²) >= 11 is 3.54. The van der Waals surface area contributed by atoms with Gasteiger partial charge in [-0.3, -0.25) is 9.59 Å². The van der Waals surface area contributed by atoms with Gasteiger partial charge < -0.3 is 0 Å². The summed E-state index contributed by atoms with van der Waals surface area (Å²) in [5.41, 5.74) is 1.60. The molecule has 3 heteroatoms. The van der Waals surface area contributed by atoms with E-state index >= 15 is 0 Å². The van der Waals surface area contributed by atoms with E-state index in [2.05, 4.69) is 29.8 Å². The van der Waals surface area contributed by atoms with Crippen LogP contribution in [0.3, 0.4) is 0 Å². The van der Waals surface area contributed by atoms with Crippen LogP contribution in [0, 0.1) is 34.5 Å². The van der Waals surface area contributed by atoms with Crippen molar-refractivity contribution in [2.75, 3.05) is 5.33 Å². The first kappa shape index (κ1) is 19.9. The molecule has 6 atom stereocenters. The van der Waals surface area contributed by atoms with Gasteiger partial charge in [0.25, 0.3) is 0 Å². The molecule has 2 nitrogen and oxygen atoms in total. The molecule has 0 heterocycles. The Kier molecular flexibility index (Phi) is 5.46. The molecule has 0 amide bonds. The highest BCUT2D eigenvalue weighted by molar-refractivity contribution is 9.09. The second kappa shape index (κ2) is 7.43. The van der Waals surface area contributed by atoms with Crippen molar-refractivity contribution in [1.82, 2.24) is 0 Å². The van der Waals surface area contributed by atoms with Crippen molar-refractivity contribution in [3.8, 4) is 0 Å². The molecule has 4 aliphatic rings. The lowest BCUT2D eigenvalue weighted by Crippen LogP contribution is -2.53. The quantitative estimate of drug-likeness (QED) is 0.377. The van der Waals surface area contributed by atoms with Gasteiger partial charge in [-0.25, -0.2) is 0 Å². The molecule has 27 heavy (non-hydrogen) atoms. The van der Waals surface area contributed by atoms with Crippen LogP contribution >= 0.6 is 15.9 Å². The minimum atomic E-state index is -0.0470. The predicted molar refractivity (Wildman–Crippen MR) is 113 cm³/mol. The number of fused-ring (bicyclic) bond motifs is 5. The number of alkyl halides is 1. The molecule has 3 saturated carbocycles. The lowest BCUT2D eigenvalue weighted by Gasteiger charge is -2.59. The molecule has 0 radical (unpaired) electrons. The maximum atomic E-state index is 12.6. The zero-order valence-electron chi connectivity index (χ0n) is 17.1. The fraction of sp³-hybridized carbons (Fsp3) is 0.833. The van der Waals surface area contributed by atoms with Crippen LogP contribution in [0.4, 0.5) is 0 Å². The van der Waals surface area contributed by atoms with Gasteiger partial charge in [-0.1, -0.05) is 48.2 Å². The third-order valence-electron chi connectivity index (χ3n) is 9.17. The number of carbonyl (C=O) groups excluding carboxylic acids is 2. The second-order valence-electron chi connectivity index (χ2n) is 10.2. The van der Waals surface area contributed by atoms with Crippen LogP contribution in [-0.2, 0) is 9.59 Å². The lowest BCUT2D eigenvalue weighted by atomic mass is 9.45. The molecular weight excluding hydrogens is 400 g/mol. The summed E-state index contributed by atoms with van der Waals surface area (Å²) in [6, 6.07) is 0. The highest BCUT2D eigenvalue weighted by atomic mass is 79.9. The zero-order chi connectivity index (χ0) is 19.2. The summed E-state index contributed by atoms with van der Waals surface area (Å²) < 4.78 is 0. The number of hydrogen-bond donors (Lipinski definition) is 0. The Bertz CT molecular complexity index is 653. The molecule has 0 aliphatic heterocycles. The Hall–Kier alpha value is -0.440. The van der Waals surface area contributed by atoms with Crippen LogP contribution in [0.5, 0.6) is 0 Å². The van der Waals surface area contributed by atoms with E-state index in [1.54, 1.807) is 0 Å². The first-order chi connectivity index (χ1) is 12.9. The molecule has 6 unspecified atom stereocenters. The van der Waals surface area contributed by atoms with Gasteiger partial charge in [0.15, 0.2) is 5.78 Å². The summed E-state index contributed by atoms with van der Waals surface area (Å²) in [7, 11) is 0. The van der Waals surface area contributed by atoms with E-state index in [4.69, 9.17) is 0 Å². The van der Waals surface area contributed by atoms with Crippen LogP contribution in [0.2, 0.25) is 0 Å². The summed E-state index contributed by atoms with van der Waals surface area (Å²) in [4.78, 5) is 25.1. The van der Waals surface area contributed by atoms with E-state index < -0.39 is 0 Å². The summed E-state index contributed by atoms with van der Waals surface area (Å²) in [6.07, 6.45) is 14.2. The summed E-state index contributed by atoms with van der Waals surface area (Å²) in [5.74, 6) is 3.36. The van der Waals surface area contributed by atoms with Crippen molar-refractivity contribution in [3.63, 3.8) is 0 Å². The van der Waals surface area contributed by atoms with Crippen molar-refractivity contribution in [3.05, 3.63) is 11.6 Å².